The number of ether oxygens (including phenoxy) is 1. The van der Waals surface area contributed by atoms with E-state index in [1.165, 1.54) is 16.7 Å². The summed E-state index contributed by atoms with van der Waals surface area (Å²) < 4.78 is 31.8. The van der Waals surface area contributed by atoms with Crippen LogP contribution in [0.5, 0.6) is 5.75 Å². The molecule has 1 fully saturated rings. The van der Waals surface area contributed by atoms with E-state index in [9.17, 15) is 8.42 Å². The number of halogens is 2. The van der Waals surface area contributed by atoms with Crippen LogP contribution in [0.15, 0.2) is 42.5 Å². The summed E-state index contributed by atoms with van der Waals surface area (Å²) in [5.74, 6) is 1.52. The summed E-state index contributed by atoms with van der Waals surface area (Å²) in [6, 6.07) is 14.4. The monoisotopic (exact) mass is 498 g/mol. The van der Waals surface area contributed by atoms with Gasteiger partial charge in [0.25, 0.3) is 0 Å². The van der Waals surface area contributed by atoms with Crippen molar-refractivity contribution >= 4 is 34.0 Å². The second kappa shape index (κ2) is 10.7. The summed E-state index contributed by atoms with van der Waals surface area (Å²) >= 11 is 6.18. The molecule has 2 unspecified atom stereocenters. The summed E-state index contributed by atoms with van der Waals surface area (Å²) in [7, 11) is -3.09. The maximum Gasteiger partial charge on any atom is 0.214 e. The smallest absolute Gasteiger partial charge is 0.214 e. The maximum absolute atomic E-state index is 12.1. The van der Waals surface area contributed by atoms with E-state index in [1.54, 1.807) is 4.31 Å². The molecule has 2 atom stereocenters. The molecule has 176 valence electrons. The first kappa shape index (κ1) is 25.3. The molecule has 8 heteroatoms. The van der Waals surface area contributed by atoms with Crippen molar-refractivity contribution in [1.29, 1.82) is 0 Å². The van der Waals surface area contributed by atoms with Crippen molar-refractivity contribution in [3.8, 4) is 5.75 Å². The molecule has 5 nitrogen and oxygen atoms in total. The van der Waals surface area contributed by atoms with Crippen molar-refractivity contribution < 1.29 is 13.2 Å². The van der Waals surface area contributed by atoms with Crippen LogP contribution in [0.1, 0.15) is 42.4 Å². The van der Waals surface area contributed by atoms with E-state index in [1.807, 2.05) is 31.2 Å². The Morgan fingerprint density at radius 1 is 1.19 bits per heavy atom. The number of benzene rings is 2. The summed E-state index contributed by atoms with van der Waals surface area (Å²) in [6.07, 6.45) is 3.46. The van der Waals surface area contributed by atoms with Gasteiger partial charge in [-0.05, 0) is 66.6 Å². The summed E-state index contributed by atoms with van der Waals surface area (Å²) in [5, 5.41) is 0.745. The fourth-order valence-corrected chi connectivity index (χ4v) is 6.49. The van der Waals surface area contributed by atoms with Gasteiger partial charge in [0.15, 0.2) is 0 Å². The summed E-state index contributed by atoms with van der Waals surface area (Å²) in [5.41, 5.74) is 10.3. The third kappa shape index (κ3) is 5.78. The standard InChI is InChI=1S/C24H31ClN2O3S.ClH/c1-2-10-31(28,29)27-14-18(15-27)16-30-21-8-6-19-7-9-24(26)23(22(19)13-21)12-17-4-3-5-20(25)11-17;/h3-6,8,11,13,18,23-24H,2,7,9-10,12,14-16,26H2,1H3;1H. The van der Waals surface area contributed by atoms with Crippen LogP contribution in [-0.2, 0) is 22.9 Å². The molecular formula is C24H32Cl2N2O3S. The lowest BCUT2D eigenvalue weighted by Gasteiger charge is -2.38. The number of hydrogen-bond acceptors (Lipinski definition) is 4. The first-order valence-corrected chi connectivity index (χ1v) is 13.1. The van der Waals surface area contributed by atoms with Crippen molar-refractivity contribution in [2.75, 3.05) is 25.4 Å². The lowest BCUT2D eigenvalue weighted by molar-refractivity contribution is 0.129. The van der Waals surface area contributed by atoms with Crippen molar-refractivity contribution in [3.63, 3.8) is 0 Å². The molecule has 0 bridgehead atoms. The van der Waals surface area contributed by atoms with Crippen LogP contribution in [0.3, 0.4) is 0 Å². The molecule has 0 radical (unpaired) electrons. The Morgan fingerprint density at radius 3 is 2.69 bits per heavy atom. The Balaban J connectivity index is 0.00000289. The van der Waals surface area contributed by atoms with Gasteiger partial charge in [0, 0.05) is 36.0 Å². The quantitative estimate of drug-likeness (QED) is 0.584. The normalized spacial score (nSPS) is 21.3. The van der Waals surface area contributed by atoms with Gasteiger partial charge in [-0.1, -0.05) is 36.7 Å². The third-order valence-electron chi connectivity index (χ3n) is 6.39. The highest BCUT2D eigenvalue weighted by atomic mass is 35.5. The molecule has 1 saturated heterocycles. The van der Waals surface area contributed by atoms with Crippen LogP contribution in [0.4, 0.5) is 0 Å². The molecule has 1 aliphatic heterocycles. The molecule has 1 aliphatic carbocycles. The molecule has 1 heterocycles. The summed E-state index contributed by atoms with van der Waals surface area (Å²) in [6.45, 7) is 3.52. The van der Waals surface area contributed by atoms with Crippen LogP contribution in [0.25, 0.3) is 0 Å². The van der Waals surface area contributed by atoms with Crippen LogP contribution in [-0.4, -0.2) is 44.2 Å². The van der Waals surface area contributed by atoms with Crippen LogP contribution < -0.4 is 10.5 Å². The van der Waals surface area contributed by atoms with Crippen LogP contribution >= 0.6 is 24.0 Å². The number of nitrogens with two attached hydrogens (primary N) is 1. The molecule has 2 aromatic carbocycles. The zero-order valence-corrected chi connectivity index (χ0v) is 20.8. The highest BCUT2D eigenvalue weighted by Gasteiger charge is 2.35. The fourth-order valence-electron chi connectivity index (χ4n) is 4.62. The highest BCUT2D eigenvalue weighted by molar-refractivity contribution is 7.89. The van der Waals surface area contributed by atoms with Gasteiger partial charge in [0.05, 0.1) is 12.4 Å². The molecule has 0 saturated carbocycles. The number of sulfonamides is 1. The predicted octanol–water partition coefficient (Wildman–Crippen LogP) is 4.41. The molecule has 32 heavy (non-hydrogen) atoms. The Morgan fingerprint density at radius 2 is 1.97 bits per heavy atom. The molecular weight excluding hydrogens is 467 g/mol. The molecule has 2 aliphatic rings. The van der Waals surface area contributed by atoms with E-state index in [0.29, 0.717) is 26.1 Å². The maximum atomic E-state index is 12.1. The van der Waals surface area contributed by atoms with Gasteiger partial charge in [0.2, 0.25) is 10.0 Å². The van der Waals surface area contributed by atoms with Crippen molar-refractivity contribution in [3.05, 3.63) is 64.2 Å². The zero-order chi connectivity index (χ0) is 22.0. The number of rotatable bonds is 8. The predicted molar refractivity (Wildman–Crippen MR) is 133 cm³/mol. The van der Waals surface area contributed by atoms with Crippen molar-refractivity contribution in [2.45, 2.75) is 44.6 Å². The van der Waals surface area contributed by atoms with E-state index in [4.69, 9.17) is 22.1 Å². The van der Waals surface area contributed by atoms with Gasteiger partial charge in [-0.15, -0.1) is 12.4 Å². The second-order valence-electron chi connectivity index (χ2n) is 8.81. The van der Waals surface area contributed by atoms with Gasteiger partial charge >= 0.3 is 0 Å². The van der Waals surface area contributed by atoms with Gasteiger partial charge in [-0.2, -0.15) is 0 Å². The van der Waals surface area contributed by atoms with E-state index < -0.39 is 10.0 Å². The molecule has 2 N–H and O–H groups in total. The Labute approximate surface area is 202 Å². The number of fused-ring (bicyclic) bond motifs is 1. The van der Waals surface area contributed by atoms with E-state index >= 15 is 0 Å². The fraction of sp³-hybridized carbons (Fsp3) is 0.500. The second-order valence-corrected chi connectivity index (χ2v) is 11.3. The Hall–Kier alpha value is -1.31. The van der Waals surface area contributed by atoms with Gasteiger partial charge in [0.1, 0.15) is 5.75 Å². The first-order valence-electron chi connectivity index (χ1n) is 11.1. The first-order chi connectivity index (χ1) is 14.9. The molecule has 4 rings (SSSR count). The Bertz CT molecular complexity index is 1030. The third-order valence-corrected chi connectivity index (χ3v) is 8.63. The number of aryl methyl sites for hydroxylation is 1. The number of nitrogens with zero attached hydrogens (tertiary/aromatic N) is 1. The largest absolute Gasteiger partial charge is 0.493 e. The lowest BCUT2D eigenvalue weighted by atomic mass is 9.76. The van der Waals surface area contributed by atoms with Crippen LogP contribution in [0.2, 0.25) is 5.02 Å². The Kier molecular flexibility index (Phi) is 8.50. The van der Waals surface area contributed by atoms with E-state index in [2.05, 4.69) is 18.2 Å². The topological polar surface area (TPSA) is 72.6 Å². The van der Waals surface area contributed by atoms with Gasteiger partial charge < -0.3 is 10.5 Å². The van der Waals surface area contributed by atoms with Crippen molar-refractivity contribution in [2.24, 2.45) is 11.7 Å². The zero-order valence-electron chi connectivity index (χ0n) is 18.4. The minimum atomic E-state index is -3.09. The van der Waals surface area contributed by atoms with Crippen molar-refractivity contribution in [1.82, 2.24) is 4.31 Å². The van der Waals surface area contributed by atoms with E-state index in [0.717, 1.165) is 30.0 Å². The molecule has 0 aromatic heterocycles. The summed E-state index contributed by atoms with van der Waals surface area (Å²) in [4.78, 5) is 0. The molecule has 2 aromatic rings. The van der Waals surface area contributed by atoms with E-state index in [-0.39, 0.29) is 36.0 Å². The minimum Gasteiger partial charge on any atom is -0.493 e. The number of hydrogen-bond donors (Lipinski definition) is 1. The molecule has 0 spiro atoms. The minimum absolute atomic E-state index is 0. The van der Waals surface area contributed by atoms with Gasteiger partial charge in [-0.3, -0.25) is 0 Å². The SMILES string of the molecule is CCCS(=O)(=O)N1CC(COc2ccc3c(c2)C(Cc2cccc(Cl)c2)C(N)CC3)C1.Cl. The lowest BCUT2D eigenvalue weighted by Crippen LogP contribution is -2.52. The molecule has 0 amide bonds. The average Bonchev–Trinajstić information content (AvgIpc) is 2.69. The van der Waals surface area contributed by atoms with Crippen LogP contribution in [0, 0.1) is 5.92 Å². The highest BCUT2D eigenvalue weighted by Crippen LogP contribution is 2.36. The average molecular weight is 500 g/mol. The van der Waals surface area contributed by atoms with Gasteiger partial charge in [-0.25, -0.2) is 12.7 Å².